The van der Waals surface area contributed by atoms with Crippen molar-refractivity contribution in [3.8, 4) is 6.07 Å². The van der Waals surface area contributed by atoms with Crippen LogP contribution in [-0.4, -0.2) is 28.9 Å². The van der Waals surface area contributed by atoms with Gasteiger partial charge in [0.25, 0.3) is 0 Å². The van der Waals surface area contributed by atoms with E-state index in [1.54, 1.807) is 0 Å². The number of carbonyl (C=O) groups excluding carboxylic acids is 1. The lowest BCUT2D eigenvalue weighted by Crippen LogP contribution is -2.29. The lowest BCUT2D eigenvalue weighted by molar-refractivity contribution is -0.118. The van der Waals surface area contributed by atoms with Crippen LogP contribution in [0.3, 0.4) is 0 Å². The van der Waals surface area contributed by atoms with Crippen molar-refractivity contribution in [2.75, 3.05) is 18.4 Å². The molecule has 1 saturated carbocycles. The summed E-state index contributed by atoms with van der Waals surface area (Å²) in [6.07, 6.45) is 9.13. The van der Waals surface area contributed by atoms with E-state index in [1.807, 2.05) is 5.38 Å². The number of nitriles is 1. The number of likely N-dealkylation sites (tertiary alicyclic amines) is 1. The van der Waals surface area contributed by atoms with Crippen molar-refractivity contribution in [3.63, 3.8) is 0 Å². The minimum Gasteiger partial charge on any atom is -0.302 e. The Morgan fingerprint density at radius 3 is 2.67 bits per heavy atom. The predicted octanol–water partition coefficient (Wildman–Crippen LogP) is 3.93. The lowest BCUT2D eigenvalue weighted by Gasteiger charge is -2.29. The average Bonchev–Trinajstić information content (AvgIpc) is 3.03. The van der Waals surface area contributed by atoms with Crippen LogP contribution in [0.15, 0.2) is 5.38 Å². The molecule has 0 bridgehead atoms. The second-order valence-corrected chi connectivity index (χ2v) is 8.02. The number of hydrogen-bond acceptors (Lipinski definition) is 5. The van der Waals surface area contributed by atoms with Crippen LogP contribution in [0.4, 0.5) is 5.13 Å². The maximum absolute atomic E-state index is 12.3. The topological polar surface area (TPSA) is 69.0 Å². The molecule has 2 aliphatic rings. The van der Waals surface area contributed by atoms with Gasteiger partial charge in [-0.2, -0.15) is 5.26 Å². The van der Waals surface area contributed by atoms with Gasteiger partial charge in [-0.15, -0.1) is 11.3 Å². The molecule has 24 heavy (non-hydrogen) atoms. The molecule has 130 valence electrons. The van der Waals surface area contributed by atoms with E-state index in [4.69, 9.17) is 0 Å². The fourth-order valence-corrected chi connectivity index (χ4v) is 4.53. The van der Waals surface area contributed by atoms with Gasteiger partial charge in [0.15, 0.2) is 5.13 Å². The fraction of sp³-hybridized carbons (Fsp3) is 0.722. The summed E-state index contributed by atoms with van der Waals surface area (Å²) in [5, 5.41) is 15.1. The van der Waals surface area contributed by atoms with Crippen LogP contribution in [0.25, 0.3) is 0 Å². The molecule has 5 nitrogen and oxygen atoms in total. The van der Waals surface area contributed by atoms with Gasteiger partial charge in [0, 0.05) is 18.3 Å². The molecule has 3 rings (SSSR count). The first-order valence-corrected chi connectivity index (χ1v) is 9.95. The minimum atomic E-state index is -0.462. The molecule has 2 fully saturated rings. The third-order valence-electron chi connectivity index (χ3n) is 5.18. The van der Waals surface area contributed by atoms with Gasteiger partial charge in [-0.3, -0.25) is 9.69 Å². The number of anilines is 1. The van der Waals surface area contributed by atoms with Crippen LogP contribution in [0.5, 0.6) is 0 Å². The second-order valence-electron chi connectivity index (χ2n) is 7.16. The maximum atomic E-state index is 12.3. The zero-order valence-corrected chi connectivity index (χ0v) is 15.0. The number of hydrogen-bond donors (Lipinski definition) is 1. The SMILES string of the molecule is N#CC1(CC(=O)Nc2nc(CN3CCCCC3)cs2)CCCCC1. The Morgan fingerprint density at radius 1 is 1.25 bits per heavy atom. The monoisotopic (exact) mass is 346 g/mol. The summed E-state index contributed by atoms with van der Waals surface area (Å²) >= 11 is 1.48. The van der Waals surface area contributed by atoms with Crippen molar-refractivity contribution in [1.29, 1.82) is 5.26 Å². The van der Waals surface area contributed by atoms with E-state index < -0.39 is 5.41 Å². The molecular weight excluding hydrogens is 320 g/mol. The Morgan fingerprint density at radius 2 is 1.96 bits per heavy atom. The Bertz CT molecular complexity index is 594. The summed E-state index contributed by atoms with van der Waals surface area (Å²) in [4.78, 5) is 19.3. The smallest absolute Gasteiger partial charge is 0.227 e. The highest BCUT2D eigenvalue weighted by Gasteiger charge is 2.34. The first kappa shape index (κ1) is 17.4. The van der Waals surface area contributed by atoms with E-state index in [0.717, 1.165) is 51.0 Å². The molecule has 1 saturated heterocycles. The van der Waals surface area contributed by atoms with E-state index in [9.17, 15) is 10.1 Å². The first-order chi connectivity index (χ1) is 11.7. The molecule has 1 amide bonds. The normalized spacial score (nSPS) is 21.1. The summed E-state index contributed by atoms with van der Waals surface area (Å²) in [6.45, 7) is 3.16. The second kappa shape index (κ2) is 8.09. The van der Waals surface area contributed by atoms with E-state index in [1.165, 1.54) is 37.0 Å². The number of piperidine rings is 1. The molecule has 1 aromatic heterocycles. The van der Waals surface area contributed by atoms with Gasteiger partial charge in [0.1, 0.15) is 0 Å². The van der Waals surface area contributed by atoms with Gasteiger partial charge in [-0.25, -0.2) is 4.98 Å². The molecule has 1 aromatic rings. The summed E-state index contributed by atoms with van der Waals surface area (Å²) in [5.41, 5.74) is 0.570. The Hall–Kier alpha value is -1.45. The number of nitrogens with zero attached hydrogens (tertiary/aromatic N) is 3. The van der Waals surface area contributed by atoms with Gasteiger partial charge < -0.3 is 5.32 Å². The number of amides is 1. The molecule has 0 atom stereocenters. The van der Waals surface area contributed by atoms with Gasteiger partial charge in [0.05, 0.1) is 17.2 Å². The molecule has 1 aliphatic carbocycles. The molecule has 2 heterocycles. The van der Waals surface area contributed by atoms with Crippen molar-refractivity contribution in [2.24, 2.45) is 5.41 Å². The quantitative estimate of drug-likeness (QED) is 0.877. The van der Waals surface area contributed by atoms with Crippen LogP contribution in [0, 0.1) is 16.7 Å². The first-order valence-electron chi connectivity index (χ1n) is 9.07. The molecule has 1 aliphatic heterocycles. The van der Waals surface area contributed by atoms with Crippen LogP contribution >= 0.6 is 11.3 Å². The molecule has 0 spiro atoms. The van der Waals surface area contributed by atoms with Crippen molar-refractivity contribution < 1.29 is 4.79 Å². The van der Waals surface area contributed by atoms with Crippen molar-refractivity contribution in [2.45, 2.75) is 64.3 Å². The van der Waals surface area contributed by atoms with E-state index in [2.05, 4.69) is 21.3 Å². The lowest BCUT2D eigenvalue weighted by atomic mass is 9.73. The molecule has 0 radical (unpaired) electrons. The van der Waals surface area contributed by atoms with E-state index in [-0.39, 0.29) is 5.91 Å². The predicted molar refractivity (Wildman–Crippen MR) is 95.6 cm³/mol. The fourth-order valence-electron chi connectivity index (χ4n) is 3.81. The zero-order chi connectivity index (χ0) is 16.8. The number of aromatic nitrogens is 1. The van der Waals surface area contributed by atoms with Crippen LogP contribution in [-0.2, 0) is 11.3 Å². The Balaban J connectivity index is 1.52. The van der Waals surface area contributed by atoms with Crippen molar-refractivity contribution in [3.05, 3.63) is 11.1 Å². The van der Waals surface area contributed by atoms with Gasteiger partial charge in [-0.05, 0) is 38.8 Å². The summed E-state index contributed by atoms with van der Waals surface area (Å²) in [6, 6.07) is 2.41. The zero-order valence-electron chi connectivity index (χ0n) is 14.2. The van der Waals surface area contributed by atoms with Gasteiger partial charge in [0.2, 0.25) is 5.91 Å². The highest BCUT2D eigenvalue weighted by molar-refractivity contribution is 7.13. The molecular formula is C18H26N4OS. The number of thiazole rings is 1. The van der Waals surface area contributed by atoms with E-state index in [0.29, 0.717) is 11.6 Å². The number of carbonyl (C=O) groups is 1. The summed E-state index contributed by atoms with van der Waals surface area (Å²) < 4.78 is 0. The van der Waals surface area contributed by atoms with Crippen LogP contribution < -0.4 is 5.32 Å². The average molecular weight is 347 g/mol. The Kier molecular flexibility index (Phi) is 5.85. The molecule has 1 N–H and O–H groups in total. The molecule has 0 aromatic carbocycles. The van der Waals surface area contributed by atoms with Gasteiger partial charge >= 0.3 is 0 Å². The Labute approximate surface area is 148 Å². The van der Waals surface area contributed by atoms with Crippen LogP contribution in [0.1, 0.15) is 63.5 Å². The highest BCUT2D eigenvalue weighted by atomic mass is 32.1. The van der Waals surface area contributed by atoms with Crippen LogP contribution in [0.2, 0.25) is 0 Å². The number of rotatable bonds is 5. The molecule has 6 heteroatoms. The van der Waals surface area contributed by atoms with Gasteiger partial charge in [-0.1, -0.05) is 25.7 Å². The highest BCUT2D eigenvalue weighted by Crippen LogP contribution is 2.38. The van der Waals surface area contributed by atoms with Crippen molar-refractivity contribution in [1.82, 2.24) is 9.88 Å². The van der Waals surface area contributed by atoms with E-state index >= 15 is 0 Å². The number of nitrogens with one attached hydrogen (secondary N) is 1. The third kappa shape index (κ3) is 4.55. The minimum absolute atomic E-state index is 0.0719. The third-order valence-corrected chi connectivity index (χ3v) is 5.99. The van der Waals surface area contributed by atoms with Crippen molar-refractivity contribution >= 4 is 22.4 Å². The largest absolute Gasteiger partial charge is 0.302 e. The standard InChI is InChI=1S/C18H26N4OS/c19-14-18(7-3-1-4-8-18)11-16(23)21-17-20-15(13-24-17)12-22-9-5-2-6-10-22/h13H,1-12H2,(H,20,21,23). The molecule has 0 unspecified atom stereocenters. The maximum Gasteiger partial charge on any atom is 0.227 e. The summed E-state index contributed by atoms with van der Waals surface area (Å²) in [7, 11) is 0. The summed E-state index contributed by atoms with van der Waals surface area (Å²) in [5.74, 6) is -0.0719.